The molecule has 0 saturated carbocycles. The van der Waals surface area contributed by atoms with Crippen molar-refractivity contribution in [3.05, 3.63) is 215 Å². The van der Waals surface area contributed by atoms with Crippen LogP contribution in [0, 0.1) is 11.8 Å². The van der Waals surface area contributed by atoms with Crippen LogP contribution in [0.25, 0.3) is 0 Å². The average Bonchev–Trinajstić information content (AvgIpc) is 3.42. The van der Waals surface area contributed by atoms with E-state index in [1.807, 2.05) is 177 Å². The second-order valence-corrected chi connectivity index (χ2v) is 25.7. The average molecular weight is 1010 g/mol. The molecule has 7 atom stereocenters. The molecule has 3 amide bonds. The molecule has 74 heavy (non-hydrogen) atoms. The lowest BCUT2D eigenvalue weighted by atomic mass is 9.89. The van der Waals surface area contributed by atoms with Crippen molar-refractivity contribution in [2.75, 3.05) is 0 Å². The van der Waals surface area contributed by atoms with Crippen LogP contribution in [-0.2, 0) is 65.5 Å². The molecule has 10 heteroatoms. The molecular weight excluding hydrogens is 935 g/mol. The van der Waals surface area contributed by atoms with Gasteiger partial charge in [-0.25, -0.2) is 0 Å². The molecule has 0 radical (unpaired) electrons. The monoisotopic (exact) mass is 1010 g/mol. The van der Waals surface area contributed by atoms with Gasteiger partial charge in [0.15, 0.2) is 5.78 Å². The Hall–Kier alpha value is -6.91. The van der Waals surface area contributed by atoms with E-state index in [2.05, 4.69) is 69.6 Å². The predicted molar refractivity (Wildman–Crippen MR) is 300 cm³/mol. The minimum Gasteiger partial charge on any atom is -0.516 e. The van der Waals surface area contributed by atoms with Gasteiger partial charge in [0.05, 0.1) is 6.04 Å². The van der Waals surface area contributed by atoms with E-state index in [-0.39, 0.29) is 54.9 Å². The first kappa shape index (κ1) is 56.4. The lowest BCUT2D eigenvalue weighted by Gasteiger charge is -2.51. The first-order valence-electron chi connectivity index (χ1n) is 26.6. The minimum atomic E-state index is -3.14. The third-order valence-corrected chi connectivity index (χ3v) is 21.7. The van der Waals surface area contributed by atoms with Crippen molar-refractivity contribution >= 4 is 37.8 Å². The smallest absolute Gasteiger partial charge is 0.315 e. The summed E-state index contributed by atoms with van der Waals surface area (Å²) < 4.78 is 7.20. The van der Waals surface area contributed by atoms with Crippen LogP contribution in [-0.4, -0.2) is 55.9 Å². The lowest BCUT2D eigenvalue weighted by molar-refractivity contribution is -0.142. The van der Waals surface area contributed by atoms with Crippen LogP contribution in [0.1, 0.15) is 101 Å². The number of hydrogen-bond donors (Lipinski definition) is 3. The zero-order chi connectivity index (χ0) is 53.1. The van der Waals surface area contributed by atoms with Gasteiger partial charge in [0.25, 0.3) is 8.32 Å². The fraction of sp³-hybridized carbons (Fsp3) is 0.359. The molecule has 6 aromatic rings. The SMILES string of the molecule is CCC(C)[Si](OC(=O)[C@H](Cc1ccccc1)NC(=O)[C@@H](CC(=O)[C@H](Cc1ccccc1)NC(=O)[C@H](Cc1ccccc1)NC(=O)[C@@H](C)Cc1ccccc1)Cc1ccccc1)(C(C)CC)C(C)(C)c1ccccc1. The molecule has 2 unspecified atom stereocenters. The Bertz CT molecular complexity index is 2680. The van der Waals surface area contributed by atoms with E-state index >= 15 is 14.4 Å². The van der Waals surface area contributed by atoms with E-state index in [9.17, 15) is 9.59 Å². The van der Waals surface area contributed by atoms with E-state index in [4.69, 9.17) is 4.43 Å². The summed E-state index contributed by atoms with van der Waals surface area (Å²) in [6.07, 6.45) is 2.59. The normalized spacial score (nSPS) is 15.1. The topological polar surface area (TPSA) is 131 Å². The van der Waals surface area contributed by atoms with Gasteiger partial charge in [-0.1, -0.05) is 243 Å². The Morgan fingerprint density at radius 1 is 0.446 bits per heavy atom. The summed E-state index contributed by atoms with van der Waals surface area (Å²) in [5.41, 5.74) is 5.60. The standard InChI is InChI=1S/C64H77N3O6Si/c1-8-47(4)74(48(5)9-2,64(6,7)55-38-26-15-27-39-55)73-63(72)58(44-53-36-24-14-25-37-53)67-61(70)54(41-50-30-18-11-19-31-50)45-59(68)56(42-51-32-20-12-21-33-51)65-62(71)57(43-52-34-22-13-23-35-52)66-60(69)46(3)40-49-28-16-10-17-29-49/h10-39,46-48,54,56-58H,8-9,40-45H2,1-7H3,(H,65,71)(H,66,69)(H,67,70)/t46-,47?,48?,54+,56-,57-,58-,74?/m0/s1. The number of nitrogens with one attached hydrogen (secondary N) is 3. The number of ketones is 1. The number of Topliss-reactive ketones (excluding diaryl/α,β-unsaturated/α-hetero) is 1. The maximum atomic E-state index is 15.3. The molecule has 3 N–H and O–H groups in total. The van der Waals surface area contributed by atoms with Crippen LogP contribution in [0.4, 0.5) is 0 Å². The second-order valence-electron chi connectivity index (χ2n) is 20.7. The van der Waals surface area contributed by atoms with Gasteiger partial charge in [0.1, 0.15) is 12.1 Å². The molecule has 0 aliphatic rings. The Kier molecular flexibility index (Phi) is 20.9. The van der Waals surface area contributed by atoms with Crippen molar-refractivity contribution in [1.82, 2.24) is 16.0 Å². The van der Waals surface area contributed by atoms with Crippen molar-refractivity contribution in [3.8, 4) is 0 Å². The van der Waals surface area contributed by atoms with Crippen LogP contribution in [0.2, 0.25) is 11.1 Å². The Morgan fingerprint density at radius 2 is 0.797 bits per heavy atom. The van der Waals surface area contributed by atoms with Gasteiger partial charge in [-0.3, -0.25) is 24.0 Å². The van der Waals surface area contributed by atoms with Gasteiger partial charge in [-0.2, -0.15) is 0 Å². The zero-order valence-corrected chi connectivity index (χ0v) is 45.5. The van der Waals surface area contributed by atoms with E-state index in [1.54, 1.807) is 0 Å². The molecule has 0 bridgehead atoms. The minimum absolute atomic E-state index is 0.0724. The van der Waals surface area contributed by atoms with Gasteiger partial charge in [0.2, 0.25) is 17.7 Å². The van der Waals surface area contributed by atoms with Crippen LogP contribution in [0.3, 0.4) is 0 Å². The number of carbonyl (C=O) groups excluding carboxylic acids is 5. The van der Waals surface area contributed by atoms with Crippen LogP contribution >= 0.6 is 0 Å². The van der Waals surface area contributed by atoms with E-state index < -0.39 is 61.1 Å². The summed E-state index contributed by atoms with van der Waals surface area (Å²) >= 11 is 0. The zero-order valence-electron chi connectivity index (χ0n) is 44.5. The molecule has 388 valence electrons. The summed E-state index contributed by atoms with van der Waals surface area (Å²) in [5, 5.41) is 8.75. The van der Waals surface area contributed by atoms with Gasteiger partial charge in [-0.05, 0) is 63.7 Å². The highest BCUT2D eigenvalue weighted by atomic mass is 28.4. The molecular formula is C64H77N3O6Si. The highest BCUT2D eigenvalue weighted by molar-refractivity contribution is 6.80. The molecule has 0 aliphatic heterocycles. The largest absolute Gasteiger partial charge is 0.516 e. The number of benzene rings is 6. The van der Waals surface area contributed by atoms with Gasteiger partial charge in [-0.15, -0.1) is 0 Å². The van der Waals surface area contributed by atoms with Crippen molar-refractivity contribution in [3.63, 3.8) is 0 Å². The van der Waals surface area contributed by atoms with Crippen LogP contribution < -0.4 is 16.0 Å². The second kappa shape index (κ2) is 27.4. The number of rotatable bonds is 27. The molecule has 0 aliphatic carbocycles. The van der Waals surface area contributed by atoms with E-state index in [1.165, 1.54) is 0 Å². The molecule has 6 aromatic carbocycles. The Labute approximate surface area is 441 Å². The number of hydrogen-bond acceptors (Lipinski definition) is 6. The Balaban J connectivity index is 1.33. The molecule has 0 spiro atoms. The summed E-state index contributed by atoms with van der Waals surface area (Å²) in [5.74, 6) is -3.47. The van der Waals surface area contributed by atoms with Crippen molar-refractivity contribution in [1.29, 1.82) is 0 Å². The number of amides is 3. The third kappa shape index (κ3) is 15.1. The van der Waals surface area contributed by atoms with Crippen molar-refractivity contribution < 1.29 is 28.4 Å². The molecule has 6 rings (SSSR count). The van der Waals surface area contributed by atoms with Crippen molar-refractivity contribution in [2.45, 2.75) is 134 Å². The highest BCUT2D eigenvalue weighted by Gasteiger charge is 2.59. The van der Waals surface area contributed by atoms with Gasteiger partial charge in [0, 0.05) is 36.1 Å². The predicted octanol–water partition coefficient (Wildman–Crippen LogP) is 11.5. The van der Waals surface area contributed by atoms with Crippen LogP contribution in [0.15, 0.2) is 182 Å². The maximum absolute atomic E-state index is 15.3. The maximum Gasteiger partial charge on any atom is 0.315 e. The Morgan fingerprint density at radius 3 is 1.23 bits per heavy atom. The molecule has 0 saturated heterocycles. The quantitative estimate of drug-likeness (QED) is 0.0441. The summed E-state index contributed by atoms with van der Waals surface area (Å²) in [6.45, 7) is 15.0. The summed E-state index contributed by atoms with van der Waals surface area (Å²) in [6, 6.07) is 55.0. The molecule has 0 aromatic heterocycles. The molecule has 0 heterocycles. The van der Waals surface area contributed by atoms with Gasteiger partial charge >= 0.3 is 5.97 Å². The number of carbonyl (C=O) groups is 5. The first-order chi connectivity index (χ1) is 35.6. The summed E-state index contributed by atoms with van der Waals surface area (Å²) in [4.78, 5) is 74.1. The van der Waals surface area contributed by atoms with E-state index in [0.29, 0.717) is 6.42 Å². The van der Waals surface area contributed by atoms with E-state index in [0.717, 1.165) is 46.2 Å². The fourth-order valence-corrected chi connectivity index (χ4v) is 17.0. The van der Waals surface area contributed by atoms with Crippen molar-refractivity contribution in [2.24, 2.45) is 11.8 Å². The summed E-state index contributed by atoms with van der Waals surface area (Å²) in [7, 11) is -3.14. The molecule has 9 nitrogen and oxygen atoms in total. The first-order valence-corrected chi connectivity index (χ1v) is 28.6. The van der Waals surface area contributed by atoms with Gasteiger partial charge < -0.3 is 20.4 Å². The highest BCUT2D eigenvalue weighted by Crippen LogP contribution is 2.50. The lowest BCUT2D eigenvalue weighted by Crippen LogP contribution is -2.63. The molecule has 0 fully saturated rings. The van der Waals surface area contributed by atoms with Crippen LogP contribution in [0.5, 0.6) is 0 Å². The third-order valence-electron chi connectivity index (χ3n) is 15.2. The fourth-order valence-electron chi connectivity index (χ4n) is 10.6.